The van der Waals surface area contributed by atoms with Crippen molar-refractivity contribution in [3.05, 3.63) is 83.2 Å². The van der Waals surface area contributed by atoms with Gasteiger partial charge in [-0.2, -0.15) is 0 Å². The molecule has 0 amide bonds. The van der Waals surface area contributed by atoms with E-state index in [1.54, 1.807) is 32.0 Å². The van der Waals surface area contributed by atoms with E-state index in [0.717, 1.165) is 32.4 Å². The lowest BCUT2D eigenvalue weighted by atomic mass is 9.71. The highest BCUT2D eigenvalue weighted by molar-refractivity contribution is 7.92. The summed E-state index contributed by atoms with van der Waals surface area (Å²) in [6, 6.07) is 19.5. The van der Waals surface area contributed by atoms with Crippen molar-refractivity contribution >= 4 is 32.3 Å². The molecule has 2 N–H and O–H groups in total. The number of fused-ring (bicyclic) bond motifs is 2. The molecule has 1 unspecified atom stereocenters. The number of ether oxygens (including phenoxy) is 1. The quantitative estimate of drug-likeness (QED) is 0.343. The number of piperidine rings is 1. The van der Waals surface area contributed by atoms with Crippen molar-refractivity contribution < 1.29 is 22.5 Å². The molecule has 0 saturated carbocycles. The van der Waals surface area contributed by atoms with Gasteiger partial charge in [-0.25, -0.2) is 8.42 Å². The van der Waals surface area contributed by atoms with Crippen LogP contribution in [-0.2, 0) is 16.4 Å². The van der Waals surface area contributed by atoms with Crippen LogP contribution in [0.25, 0.3) is 10.8 Å². The number of aromatic nitrogens is 1. The summed E-state index contributed by atoms with van der Waals surface area (Å²) in [6.45, 7) is 4.69. The van der Waals surface area contributed by atoms with Crippen LogP contribution in [0, 0.1) is 19.8 Å². The van der Waals surface area contributed by atoms with Crippen molar-refractivity contribution in [3.8, 4) is 5.75 Å². The number of carbonyl (C=O) groups is 1. The predicted molar refractivity (Wildman–Crippen MR) is 149 cm³/mol. The van der Waals surface area contributed by atoms with Crippen LogP contribution in [0.2, 0.25) is 0 Å². The first-order valence-electron chi connectivity index (χ1n) is 13.3. The van der Waals surface area contributed by atoms with Crippen molar-refractivity contribution in [2.45, 2.75) is 50.0 Å². The van der Waals surface area contributed by atoms with Crippen LogP contribution in [0.5, 0.6) is 5.75 Å². The third-order valence-electron chi connectivity index (χ3n) is 8.03. The lowest BCUT2D eigenvalue weighted by Crippen LogP contribution is -2.56. The summed E-state index contributed by atoms with van der Waals surface area (Å²) in [4.78, 5) is 14.1. The van der Waals surface area contributed by atoms with Crippen LogP contribution in [0.1, 0.15) is 46.6 Å². The summed E-state index contributed by atoms with van der Waals surface area (Å²) >= 11 is 0. The van der Waals surface area contributed by atoms with Crippen molar-refractivity contribution in [2.24, 2.45) is 5.92 Å². The van der Waals surface area contributed by atoms with Gasteiger partial charge in [0.15, 0.2) is 16.4 Å². The SMILES string of the molecule is Cc1noc(C)c1S(=O)(=O)Nc1ccc2c(c1)C(=O)C(CCc1cccc3ccccc13)C1(CCNCC1)O2. The van der Waals surface area contributed by atoms with E-state index < -0.39 is 15.6 Å². The maximum Gasteiger partial charge on any atom is 0.267 e. The number of ketones is 1. The molecule has 1 fully saturated rings. The van der Waals surface area contributed by atoms with Gasteiger partial charge in [0.2, 0.25) is 0 Å². The number of Topliss-reactive ketones (excluding diaryl/α,β-unsaturated/α-hetero) is 1. The number of carbonyl (C=O) groups excluding carboxylic acids is 1. The predicted octanol–water partition coefficient (Wildman–Crippen LogP) is 5.19. The standard InChI is InChI=1S/C30H31N3O5S/c1-19-29(20(2)38-32-19)39(35,36)33-23-11-13-27-25(18-23)28(34)26(30(37-27)14-16-31-17-15-30)12-10-22-8-5-7-21-6-3-4-9-24(21)22/h3-9,11,13,18,26,31,33H,10,12,14-17H2,1-2H3. The molecular weight excluding hydrogens is 514 g/mol. The molecule has 3 heterocycles. The molecule has 39 heavy (non-hydrogen) atoms. The van der Waals surface area contributed by atoms with Gasteiger partial charge in [0.25, 0.3) is 10.0 Å². The van der Waals surface area contributed by atoms with Crippen LogP contribution in [0.4, 0.5) is 5.69 Å². The second-order valence-electron chi connectivity index (χ2n) is 10.5. The zero-order chi connectivity index (χ0) is 27.2. The second kappa shape index (κ2) is 9.81. The van der Waals surface area contributed by atoms with Crippen LogP contribution in [-0.4, -0.2) is 38.0 Å². The highest BCUT2D eigenvalue weighted by atomic mass is 32.2. The minimum Gasteiger partial charge on any atom is -0.486 e. The van der Waals surface area contributed by atoms with Gasteiger partial charge in [-0.1, -0.05) is 47.6 Å². The average Bonchev–Trinajstić information content (AvgIpc) is 3.28. The molecule has 0 aliphatic carbocycles. The van der Waals surface area contributed by atoms with Crippen molar-refractivity contribution in [1.29, 1.82) is 0 Å². The highest BCUT2D eigenvalue weighted by Gasteiger charge is 2.49. The highest BCUT2D eigenvalue weighted by Crippen LogP contribution is 2.45. The molecular formula is C30H31N3O5S. The van der Waals surface area contributed by atoms with E-state index in [2.05, 4.69) is 45.5 Å². The molecule has 1 spiro atoms. The van der Waals surface area contributed by atoms with Gasteiger partial charge in [-0.15, -0.1) is 0 Å². The Bertz CT molecular complexity index is 1650. The van der Waals surface area contributed by atoms with Gasteiger partial charge >= 0.3 is 0 Å². The largest absolute Gasteiger partial charge is 0.486 e. The minimum atomic E-state index is -3.95. The van der Waals surface area contributed by atoms with Gasteiger partial charge in [-0.3, -0.25) is 9.52 Å². The fraction of sp³-hybridized carbons (Fsp3) is 0.333. The molecule has 1 atom stereocenters. The first kappa shape index (κ1) is 25.6. The minimum absolute atomic E-state index is 0.00299. The third kappa shape index (κ3) is 4.59. The molecule has 2 aliphatic rings. The van der Waals surface area contributed by atoms with E-state index in [1.165, 1.54) is 16.3 Å². The van der Waals surface area contributed by atoms with E-state index in [9.17, 15) is 13.2 Å². The topological polar surface area (TPSA) is 111 Å². The molecule has 0 radical (unpaired) electrons. The Kier molecular flexibility index (Phi) is 6.43. The molecule has 1 aromatic heterocycles. The normalized spacial score (nSPS) is 18.6. The summed E-state index contributed by atoms with van der Waals surface area (Å²) in [7, 11) is -3.95. The number of hydrogen-bond donors (Lipinski definition) is 2. The molecule has 3 aromatic carbocycles. The second-order valence-corrected chi connectivity index (χ2v) is 12.1. The Morgan fingerprint density at radius 1 is 1.05 bits per heavy atom. The maximum atomic E-state index is 14.1. The summed E-state index contributed by atoms with van der Waals surface area (Å²) in [5.74, 6) is 0.361. The van der Waals surface area contributed by atoms with Gasteiger partial charge in [0.1, 0.15) is 17.0 Å². The van der Waals surface area contributed by atoms with E-state index >= 15 is 0 Å². The Morgan fingerprint density at radius 2 is 1.82 bits per heavy atom. The molecule has 1 saturated heterocycles. The molecule has 8 nitrogen and oxygen atoms in total. The number of sulfonamides is 1. The van der Waals surface area contributed by atoms with Gasteiger partial charge in [0.05, 0.1) is 11.5 Å². The number of rotatable bonds is 6. The fourth-order valence-electron chi connectivity index (χ4n) is 6.16. The summed E-state index contributed by atoms with van der Waals surface area (Å²) in [6.07, 6.45) is 2.85. The summed E-state index contributed by atoms with van der Waals surface area (Å²) < 4.78 is 40.5. The van der Waals surface area contributed by atoms with Crippen molar-refractivity contribution in [1.82, 2.24) is 10.5 Å². The monoisotopic (exact) mass is 545 g/mol. The van der Waals surface area contributed by atoms with E-state index in [0.29, 0.717) is 23.4 Å². The smallest absolute Gasteiger partial charge is 0.267 e. The summed E-state index contributed by atoms with van der Waals surface area (Å²) in [5, 5.41) is 9.52. The lowest BCUT2D eigenvalue weighted by molar-refractivity contribution is -0.0232. The first-order chi connectivity index (χ1) is 18.8. The van der Waals surface area contributed by atoms with Crippen LogP contribution in [0.3, 0.4) is 0 Å². The molecule has 0 bridgehead atoms. The number of anilines is 1. The summed E-state index contributed by atoms with van der Waals surface area (Å²) in [5.41, 5.74) is 1.59. The van der Waals surface area contributed by atoms with Crippen molar-refractivity contribution in [3.63, 3.8) is 0 Å². The lowest BCUT2D eigenvalue weighted by Gasteiger charge is -2.46. The fourth-order valence-corrected chi connectivity index (χ4v) is 7.54. The first-order valence-corrected chi connectivity index (χ1v) is 14.8. The Balaban J connectivity index is 1.32. The Morgan fingerprint density at radius 3 is 2.59 bits per heavy atom. The Hall–Kier alpha value is -3.69. The van der Waals surface area contributed by atoms with Crippen molar-refractivity contribution in [2.75, 3.05) is 17.8 Å². The zero-order valence-corrected chi connectivity index (χ0v) is 22.8. The number of aryl methyl sites for hydroxylation is 3. The Labute approximate surface area is 227 Å². The van der Waals surface area contributed by atoms with Gasteiger partial charge in [-0.05, 0) is 74.3 Å². The zero-order valence-electron chi connectivity index (χ0n) is 22.0. The number of benzene rings is 3. The molecule has 4 aromatic rings. The van der Waals surface area contributed by atoms with Crippen LogP contribution < -0.4 is 14.8 Å². The van der Waals surface area contributed by atoms with Gasteiger partial charge < -0.3 is 14.6 Å². The van der Waals surface area contributed by atoms with E-state index in [4.69, 9.17) is 9.26 Å². The number of nitrogens with zero attached hydrogens (tertiary/aromatic N) is 1. The molecule has 6 rings (SSSR count). The number of hydrogen-bond acceptors (Lipinski definition) is 7. The van der Waals surface area contributed by atoms with Gasteiger partial charge in [0, 0.05) is 18.5 Å². The molecule has 9 heteroatoms. The third-order valence-corrected chi connectivity index (χ3v) is 9.66. The molecule has 202 valence electrons. The van der Waals surface area contributed by atoms with E-state index in [1.807, 2.05) is 12.1 Å². The van der Waals surface area contributed by atoms with Crippen LogP contribution >= 0.6 is 0 Å². The maximum absolute atomic E-state index is 14.1. The molecule has 2 aliphatic heterocycles. The van der Waals surface area contributed by atoms with Crippen LogP contribution in [0.15, 0.2) is 70.1 Å². The van der Waals surface area contributed by atoms with E-state index in [-0.39, 0.29) is 28.1 Å². The number of nitrogens with one attached hydrogen (secondary N) is 2. The average molecular weight is 546 g/mol.